The minimum Gasteiger partial charge on any atom is -0.491 e. The van der Waals surface area contributed by atoms with E-state index >= 15 is 0 Å². The first kappa shape index (κ1) is 24.1. The lowest BCUT2D eigenvalue weighted by Crippen LogP contribution is -2.13. The maximum absolute atomic E-state index is 12.0. The van der Waals surface area contributed by atoms with Gasteiger partial charge in [-0.15, -0.1) is 11.3 Å². The highest BCUT2D eigenvalue weighted by molar-refractivity contribution is 7.22. The Balaban J connectivity index is 1.41. The van der Waals surface area contributed by atoms with Crippen LogP contribution in [0.2, 0.25) is 0 Å². The van der Waals surface area contributed by atoms with Crippen LogP contribution in [0.3, 0.4) is 0 Å². The van der Waals surface area contributed by atoms with Crippen LogP contribution in [0.4, 0.5) is 0 Å². The number of carbonyl (C=O) groups is 1. The Morgan fingerprint density at radius 2 is 1.56 bits per heavy atom. The van der Waals surface area contributed by atoms with Gasteiger partial charge in [-0.25, -0.2) is 9.78 Å². The number of fused-ring (bicyclic) bond motifs is 1. The molecule has 2 aromatic carbocycles. The number of aromatic nitrogens is 1. The topological polar surface area (TPSA) is 96.3 Å². The van der Waals surface area contributed by atoms with Crippen LogP contribution in [0.1, 0.15) is 10.4 Å². The molecule has 0 aliphatic rings. The van der Waals surface area contributed by atoms with E-state index in [2.05, 4.69) is 4.98 Å². The summed E-state index contributed by atoms with van der Waals surface area (Å²) < 4.78 is 27.3. The lowest BCUT2D eigenvalue weighted by Gasteiger charge is -2.08. The van der Waals surface area contributed by atoms with Crippen LogP contribution in [-0.4, -0.2) is 76.0 Å². The van der Waals surface area contributed by atoms with Crippen molar-refractivity contribution >= 4 is 27.5 Å². The molecule has 3 rings (SSSR count). The molecule has 0 spiro atoms. The smallest absolute Gasteiger partial charge is 0.339 e. The molecule has 0 fully saturated rings. The Morgan fingerprint density at radius 3 is 2.22 bits per heavy atom. The van der Waals surface area contributed by atoms with Crippen molar-refractivity contribution in [2.24, 2.45) is 0 Å². The zero-order valence-corrected chi connectivity index (χ0v) is 18.8. The number of nitrogens with zero attached hydrogens (tertiary/aromatic N) is 1. The summed E-state index contributed by atoms with van der Waals surface area (Å²) >= 11 is 1.46. The van der Waals surface area contributed by atoms with Crippen molar-refractivity contribution in [3.05, 3.63) is 48.0 Å². The molecule has 3 aromatic rings. The molecule has 0 saturated carbocycles. The normalized spacial score (nSPS) is 11.1. The van der Waals surface area contributed by atoms with Gasteiger partial charge in [-0.3, -0.25) is 0 Å². The number of benzene rings is 2. The largest absolute Gasteiger partial charge is 0.491 e. The summed E-state index contributed by atoms with van der Waals surface area (Å²) in [6.45, 7) is 3.14. The Morgan fingerprint density at radius 1 is 0.906 bits per heavy atom. The number of aliphatic hydroxyl groups is 1. The summed E-state index contributed by atoms with van der Waals surface area (Å²) in [6.07, 6.45) is 0. The molecule has 0 saturated heterocycles. The van der Waals surface area contributed by atoms with Crippen molar-refractivity contribution in [2.75, 3.05) is 60.0 Å². The van der Waals surface area contributed by atoms with E-state index in [4.69, 9.17) is 28.8 Å². The highest BCUT2D eigenvalue weighted by Gasteiger charge is 2.15. The number of rotatable bonds is 14. The van der Waals surface area contributed by atoms with E-state index in [0.717, 1.165) is 26.5 Å². The van der Waals surface area contributed by atoms with Gasteiger partial charge >= 0.3 is 5.97 Å². The molecule has 0 bridgehead atoms. The van der Waals surface area contributed by atoms with Crippen molar-refractivity contribution in [2.45, 2.75) is 0 Å². The predicted molar refractivity (Wildman–Crippen MR) is 121 cm³/mol. The Bertz CT molecular complexity index is 974. The second-order valence-corrected chi connectivity index (χ2v) is 7.60. The first-order chi connectivity index (χ1) is 15.7. The third-order valence-electron chi connectivity index (χ3n) is 4.40. The maximum atomic E-state index is 12.0. The third-order valence-corrected chi connectivity index (χ3v) is 5.55. The Hall–Kier alpha value is -2.56. The maximum Gasteiger partial charge on any atom is 0.339 e. The highest BCUT2D eigenvalue weighted by Crippen LogP contribution is 2.33. The van der Waals surface area contributed by atoms with E-state index in [9.17, 15) is 4.79 Å². The number of hydrogen-bond acceptors (Lipinski definition) is 9. The molecule has 172 valence electrons. The van der Waals surface area contributed by atoms with Gasteiger partial charge in [0.05, 0.1) is 69.1 Å². The van der Waals surface area contributed by atoms with Crippen molar-refractivity contribution in [3.8, 4) is 16.3 Å². The fourth-order valence-corrected chi connectivity index (χ4v) is 3.93. The number of ether oxygens (including phenoxy) is 5. The standard InChI is InChI=1S/C23H27NO7S/c1-27-23(26)19-3-2-4-20-21(19)32-22(24-20)17-5-7-18(8-6-17)31-16-15-30-14-13-29-12-11-28-10-9-25/h2-8,25H,9-16H2,1H3. The summed E-state index contributed by atoms with van der Waals surface area (Å²) in [4.78, 5) is 16.6. The highest BCUT2D eigenvalue weighted by atomic mass is 32.1. The number of carbonyl (C=O) groups excluding carboxylic acids is 1. The first-order valence-electron chi connectivity index (χ1n) is 10.3. The van der Waals surface area contributed by atoms with E-state index < -0.39 is 0 Å². The molecule has 1 heterocycles. The fourth-order valence-electron chi connectivity index (χ4n) is 2.86. The van der Waals surface area contributed by atoms with Crippen LogP contribution >= 0.6 is 11.3 Å². The number of esters is 1. The van der Waals surface area contributed by atoms with Crippen LogP contribution in [0.25, 0.3) is 20.8 Å². The van der Waals surface area contributed by atoms with Crippen LogP contribution in [-0.2, 0) is 18.9 Å². The van der Waals surface area contributed by atoms with Gasteiger partial charge in [0.1, 0.15) is 17.4 Å². The third kappa shape index (κ3) is 6.98. The average Bonchev–Trinajstić information content (AvgIpc) is 3.27. The van der Waals surface area contributed by atoms with Crippen LogP contribution in [0, 0.1) is 0 Å². The molecule has 8 nitrogen and oxygen atoms in total. The molecule has 0 amide bonds. The molecule has 1 N–H and O–H groups in total. The minimum atomic E-state index is -0.365. The molecule has 32 heavy (non-hydrogen) atoms. The molecule has 1 aromatic heterocycles. The summed E-state index contributed by atoms with van der Waals surface area (Å²) in [7, 11) is 1.37. The Kier molecular flexibility index (Phi) is 9.86. The van der Waals surface area contributed by atoms with Gasteiger partial charge in [0.2, 0.25) is 0 Å². The second-order valence-electron chi connectivity index (χ2n) is 6.60. The SMILES string of the molecule is COC(=O)c1cccc2nc(-c3ccc(OCCOCCOCCOCCO)cc3)sc12. The molecule has 0 aliphatic carbocycles. The average molecular weight is 462 g/mol. The van der Waals surface area contributed by atoms with Crippen molar-refractivity contribution < 1.29 is 33.6 Å². The summed E-state index contributed by atoms with van der Waals surface area (Å²) in [5.74, 6) is 0.376. The van der Waals surface area contributed by atoms with Gasteiger partial charge in [-0.05, 0) is 36.4 Å². The number of aliphatic hydroxyl groups excluding tert-OH is 1. The monoisotopic (exact) mass is 461 g/mol. The van der Waals surface area contributed by atoms with Crippen molar-refractivity contribution in [1.29, 1.82) is 0 Å². The van der Waals surface area contributed by atoms with Gasteiger partial charge < -0.3 is 28.8 Å². The van der Waals surface area contributed by atoms with E-state index in [1.807, 2.05) is 30.3 Å². The molecule has 9 heteroatoms. The van der Waals surface area contributed by atoms with Gasteiger partial charge in [-0.1, -0.05) is 6.07 Å². The molecular formula is C23H27NO7S. The van der Waals surface area contributed by atoms with Crippen LogP contribution < -0.4 is 4.74 Å². The van der Waals surface area contributed by atoms with E-state index in [1.54, 1.807) is 12.1 Å². The van der Waals surface area contributed by atoms with Crippen LogP contribution in [0.15, 0.2) is 42.5 Å². The van der Waals surface area contributed by atoms with E-state index in [0.29, 0.717) is 51.8 Å². The molecule has 0 unspecified atom stereocenters. The van der Waals surface area contributed by atoms with Gasteiger partial charge in [0.25, 0.3) is 0 Å². The van der Waals surface area contributed by atoms with Crippen molar-refractivity contribution in [1.82, 2.24) is 4.98 Å². The fraction of sp³-hybridized carbons (Fsp3) is 0.391. The minimum absolute atomic E-state index is 0.0195. The van der Waals surface area contributed by atoms with E-state index in [1.165, 1.54) is 18.4 Å². The lowest BCUT2D eigenvalue weighted by atomic mass is 10.2. The molecule has 0 atom stereocenters. The molecule has 0 aliphatic heterocycles. The second kappa shape index (κ2) is 13.1. The zero-order valence-electron chi connectivity index (χ0n) is 18.0. The van der Waals surface area contributed by atoms with Crippen molar-refractivity contribution in [3.63, 3.8) is 0 Å². The van der Waals surface area contributed by atoms with Gasteiger partial charge in [0.15, 0.2) is 0 Å². The number of methoxy groups -OCH3 is 1. The van der Waals surface area contributed by atoms with Gasteiger partial charge in [0, 0.05) is 5.56 Å². The van der Waals surface area contributed by atoms with Gasteiger partial charge in [-0.2, -0.15) is 0 Å². The Labute approximate surface area is 190 Å². The summed E-state index contributed by atoms with van der Waals surface area (Å²) in [5, 5.41) is 9.41. The summed E-state index contributed by atoms with van der Waals surface area (Å²) in [5.41, 5.74) is 2.24. The summed E-state index contributed by atoms with van der Waals surface area (Å²) in [6, 6.07) is 13.1. The van der Waals surface area contributed by atoms with Crippen LogP contribution in [0.5, 0.6) is 5.75 Å². The number of hydrogen-bond donors (Lipinski definition) is 1. The quantitative estimate of drug-likeness (QED) is 0.289. The first-order valence-corrected chi connectivity index (χ1v) is 11.1. The molecular weight excluding hydrogens is 434 g/mol. The zero-order chi connectivity index (χ0) is 22.6. The molecule has 0 radical (unpaired) electrons. The number of thiazole rings is 1. The van der Waals surface area contributed by atoms with E-state index in [-0.39, 0.29) is 12.6 Å². The lowest BCUT2D eigenvalue weighted by molar-refractivity contribution is 0.00361. The predicted octanol–water partition coefficient (Wildman–Crippen LogP) is 3.17.